The van der Waals surface area contributed by atoms with Crippen molar-refractivity contribution in [3.63, 3.8) is 0 Å². The van der Waals surface area contributed by atoms with Gasteiger partial charge in [0.25, 0.3) is 0 Å². The quantitative estimate of drug-likeness (QED) is 0.523. The van der Waals surface area contributed by atoms with Crippen molar-refractivity contribution in [3.8, 4) is 17.2 Å². The summed E-state index contributed by atoms with van der Waals surface area (Å²) in [6.45, 7) is 0.140. The minimum absolute atomic E-state index is 0.112. The Balaban J connectivity index is 1.70. The highest BCUT2D eigenvalue weighted by molar-refractivity contribution is 5.90. The summed E-state index contributed by atoms with van der Waals surface area (Å²) in [7, 11) is 2.85. The van der Waals surface area contributed by atoms with Crippen molar-refractivity contribution in [3.05, 3.63) is 82.9 Å². The summed E-state index contributed by atoms with van der Waals surface area (Å²) >= 11 is 0. The van der Waals surface area contributed by atoms with Gasteiger partial charge in [0.05, 0.1) is 25.9 Å². The summed E-state index contributed by atoms with van der Waals surface area (Å²) < 4.78 is 38.0. The number of aryl methyl sites for hydroxylation is 1. The van der Waals surface area contributed by atoms with E-state index < -0.39 is 17.7 Å². The fourth-order valence-corrected chi connectivity index (χ4v) is 4.20. The molecule has 3 aromatic rings. The maximum atomic E-state index is 14.2. The number of hydrogen-bond donors (Lipinski definition) is 2. The summed E-state index contributed by atoms with van der Waals surface area (Å²) in [5.74, 6) is -1.31. The summed E-state index contributed by atoms with van der Waals surface area (Å²) in [5.41, 5.74) is 2.71. The molecule has 0 saturated carbocycles. The van der Waals surface area contributed by atoms with Gasteiger partial charge in [0.15, 0.2) is 11.5 Å². The average Bonchev–Trinajstić information content (AvgIpc) is 3.24. The molecule has 1 aliphatic rings. The Bertz CT molecular complexity index is 1160. The topological polar surface area (TPSA) is 71.0 Å². The Morgan fingerprint density at radius 1 is 1.09 bits per heavy atom. The lowest BCUT2D eigenvalue weighted by molar-refractivity contribution is 0.183. The van der Waals surface area contributed by atoms with Gasteiger partial charge in [-0.2, -0.15) is 0 Å². The number of anilines is 1. The first kappa shape index (κ1) is 22.4. The van der Waals surface area contributed by atoms with Gasteiger partial charge in [0.2, 0.25) is 5.75 Å². The van der Waals surface area contributed by atoms with Crippen LogP contribution in [0.25, 0.3) is 0 Å². The third-order valence-corrected chi connectivity index (χ3v) is 5.80. The number of hydrogen-bond acceptors (Lipinski definition) is 4. The van der Waals surface area contributed by atoms with E-state index in [4.69, 9.17) is 9.47 Å². The van der Waals surface area contributed by atoms with Crippen LogP contribution in [0.4, 0.5) is 19.3 Å². The minimum atomic E-state index is -0.858. The molecule has 1 aliphatic carbocycles. The number of amides is 2. The number of carbonyl (C=O) groups excluding carboxylic acids is 1. The van der Waals surface area contributed by atoms with Gasteiger partial charge in [-0.05, 0) is 53.8 Å². The van der Waals surface area contributed by atoms with Gasteiger partial charge in [-0.1, -0.05) is 24.3 Å². The van der Waals surface area contributed by atoms with Crippen LogP contribution in [-0.4, -0.2) is 30.3 Å². The van der Waals surface area contributed by atoms with Gasteiger partial charge in [0, 0.05) is 12.6 Å². The van der Waals surface area contributed by atoms with E-state index in [0.29, 0.717) is 12.0 Å². The lowest BCUT2D eigenvalue weighted by Gasteiger charge is -2.30. The van der Waals surface area contributed by atoms with Crippen LogP contribution in [0.1, 0.15) is 29.2 Å². The molecule has 6 nitrogen and oxygen atoms in total. The highest BCUT2D eigenvalue weighted by Crippen LogP contribution is 2.40. The third-order valence-electron chi connectivity index (χ3n) is 5.80. The predicted molar refractivity (Wildman–Crippen MR) is 120 cm³/mol. The number of phenolic OH excluding ortho intramolecular Hbond substituents is 1. The molecule has 2 amide bonds. The minimum Gasteiger partial charge on any atom is -0.502 e. The van der Waals surface area contributed by atoms with E-state index in [1.165, 1.54) is 20.3 Å². The first-order valence-electron chi connectivity index (χ1n) is 10.5. The van der Waals surface area contributed by atoms with Crippen molar-refractivity contribution >= 4 is 11.7 Å². The van der Waals surface area contributed by atoms with Crippen LogP contribution in [0.5, 0.6) is 17.2 Å². The molecule has 1 atom stereocenters. The molecule has 0 aliphatic heterocycles. The van der Waals surface area contributed by atoms with E-state index in [-0.39, 0.29) is 35.5 Å². The van der Waals surface area contributed by atoms with Gasteiger partial charge in [-0.25, -0.2) is 13.6 Å². The molecular formula is C25H24F2N2O4. The summed E-state index contributed by atoms with van der Waals surface area (Å²) in [5, 5.41) is 12.8. The number of fused-ring (bicyclic) bond motifs is 1. The number of carbonyl (C=O) groups is 1. The Hall–Kier alpha value is -3.81. The van der Waals surface area contributed by atoms with Gasteiger partial charge in [0.1, 0.15) is 11.6 Å². The zero-order valence-corrected chi connectivity index (χ0v) is 18.3. The zero-order valence-electron chi connectivity index (χ0n) is 18.3. The molecule has 0 spiro atoms. The van der Waals surface area contributed by atoms with Crippen LogP contribution in [0, 0.1) is 11.6 Å². The lowest BCUT2D eigenvalue weighted by Crippen LogP contribution is -2.37. The Labute approximate surface area is 190 Å². The molecule has 0 bridgehead atoms. The van der Waals surface area contributed by atoms with Crippen LogP contribution in [0.15, 0.2) is 54.6 Å². The number of urea groups is 1. The molecule has 8 heteroatoms. The number of halogens is 2. The normalized spacial score (nSPS) is 14.5. The molecule has 0 fully saturated rings. The number of aromatic hydroxyl groups is 1. The first-order valence-corrected chi connectivity index (χ1v) is 10.5. The van der Waals surface area contributed by atoms with Gasteiger partial charge < -0.3 is 24.8 Å². The summed E-state index contributed by atoms with van der Waals surface area (Å²) in [6.07, 6.45) is 1.50. The standard InChI is InChI=1S/C25H24F2N2O4/c1-32-22-11-15(12-23(33-2)24(22)30)14-29(21-10-7-16-5-3-4-6-18(16)21)25(31)28-20-9-8-17(26)13-19(20)27/h3-6,8-9,11-13,21,30H,7,10,14H2,1-2H3,(H,28,31). The molecule has 0 aromatic heterocycles. The van der Waals surface area contributed by atoms with Crippen molar-refractivity contribution in [2.24, 2.45) is 0 Å². The second-order valence-corrected chi connectivity index (χ2v) is 7.78. The molecule has 0 saturated heterocycles. The van der Waals surface area contributed by atoms with Gasteiger partial charge in [-0.15, -0.1) is 0 Å². The van der Waals surface area contributed by atoms with E-state index in [9.17, 15) is 18.7 Å². The number of nitrogens with zero attached hydrogens (tertiary/aromatic N) is 1. The zero-order chi connectivity index (χ0) is 23.5. The number of benzene rings is 3. The van der Waals surface area contributed by atoms with Crippen molar-refractivity contribution in [1.29, 1.82) is 0 Å². The van der Waals surface area contributed by atoms with E-state index >= 15 is 0 Å². The maximum Gasteiger partial charge on any atom is 0.322 e. The fraction of sp³-hybridized carbons (Fsp3) is 0.240. The van der Waals surface area contributed by atoms with Crippen molar-refractivity contribution in [2.45, 2.75) is 25.4 Å². The van der Waals surface area contributed by atoms with Crippen LogP contribution in [-0.2, 0) is 13.0 Å². The van der Waals surface area contributed by atoms with Crippen molar-refractivity contribution < 1.29 is 28.2 Å². The molecule has 172 valence electrons. The molecule has 0 radical (unpaired) electrons. The van der Waals surface area contributed by atoms with Gasteiger partial charge in [-0.3, -0.25) is 0 Å². The number of nitrogens with one attached hydrogen (secondary N) is 1. The van der Waals surface area contributed by atoms with Gasteiger partial charge >= 0.3 is 6.03 Å². The van der Waals surface area contributed by atoms with E-state index in [0.717, 1.165) is 29.7 Å². The molecule has 33 heavy (non-hydrogen) atoms. The van der Waals surface area contributed by atoms with Crippen molar-refractivity contribution in [2.75, 3.05) is 19.5 Å². The van der Waals surface area contributed by atoms with Crippen LogP contribution in [0.3, 0.4) is 0 Å². The number of methoxy groups -OCH3 is 2. The summed E-state index contributed by atoms with van der Waals surface area (Å²) in [6, 6.07) is 13.3. The molecule has 3 aromatic carbocycles. The highest BCUT2D eigenvalue weighted by Gasteiger charge is 2.32. The monoisotopic (exact) mass is 454 g/mol. The van der Waals surface area contributed by atoms with E-state index in [1.807, 2.05) is 24.3 Å². The Morgan fingerprint density at radius 3 is 2.45 bits per heavy atom. The van der Waals surface area contributed by atoms with Crippen LogP contribution >= 0.6 is 0 Å². The number of rotatable bonds is 6. The van der Waals surface area contributed by atoms with E-state index in [1.54, 1.807) is 17.0 Å². The molecule has 1 unspecified atom stereocenters. The lowest BCUT2D eigenvalue weighted by atomic mass is 10.1. The molecule has 2 N–H and O–H groups in total. The molecule has 0 heterocycles. The average molecular weight is 454 g/mol. The SMILES string of the molecule is COc1cc(CN(C(=O)Nc2ccc(F)cc2F)C2CCc3ccccc32)cc(OC)c1O. The maximum absolute atomic E-state index is 14.2. The van der Waals surface area contributed by atoms with Crippen LogP contribution in [0.2, 0.25) is 0 Å². The fourth-order valence-electron chi connectivity index (χ4n) is 4.20. The summed E-state index contributed by atoms with van der Waals surface area (Å²) in [4.78, 5) is 15.0. The second kappa shape index (κ2) is 9.36. The van der Waals surface area contributed by atoms with E-state index in [2.05, 4.69) is 5.32 Å². The van der Waals surface area contributed by atoms with Crippen molar-refractivity contribution in [1.82, 2.24) is 4.90 Å². The number of phenols is 1. The smallest absolute Gasteiger partial charge is 0.322 e. The second-order valence-electron chi connectivity index (χ2n) is 7.78. The third kappa shape index (κ3) is 4.55. The Morgan fingerprint density at radius 2 is 1.79 bits per heavy atom. The van der Waals surface area contributed by atoms with Crippen LogP contribution < -0.4 is 14.8 Å². The predicted octanol–water partition coefficient (Wildman–Crippen LogP) is 5.41. The Kier molecular flexibility index (Phi) is 6.35. The first-order chi connectivity index (χ1) is 15.9. The molecular weight excluding hydrogens is 430 g/mol. The molecule has 4 rings (SSSR count). The number of ether oxygens (including phenoxy) is 2. The largest absolute Gasteiger partial charge is 0.502 e. The highest BCUT2D eigenvalue weighted by atomic mass is 19.1.